The summed E-state index contributed by atoms with van der Waals surface area (Å²) in [7, 11) is -11.6. The van der Waals surface area contributed by atoms with Gasteiger partial charge >= 0.3 is 20.2 Å². The van der Waals surface area contributed by atoms with Gasteiger partial charge in [0, 0.05) is 18.4 Å². The first-order valence-electron chi connectivity index (χ1n) is 7.42. The van der Waals surface area contributed by atoms with Gasteiger partial charge in [-0.15, -0.1) is 0 Å². The molecule has 0 aliphatic rings. The second-order valence-corrected chi connectivity index (χ2v) is 9.47. The molecule has 0 N–H and O–H groups in total. The van der Waals surface area contributed by atoms with Gasteiger partial charge in [-0.25, -0.2) is 8.37 Å². The monoisotopic (exact) mass is 469 g/mol. The van der Waals surface area contributed by atoms with E-state index in [1.54, 1.807) is 0 Å². The van der Waals surface area contributed by atoms with E-state index in [1.807, 2.05) is 0 Å². The number of rotatable bonds is 12. The van der Waals surface area contributed by atoms with Crippen molar-refractivity contribution in [1.82, 2.24) is 0 Å². The summed E-state index contributed by atoms with van der Waals surface area (Å²) in [6.45, 7) is 4.43. The maximum atomic E-state index is 12.1. The first-order valence-corrected chi connectivity index (χ1v) is 12.1. The van der Waals surface area contributed by atoms with Crippen molar-refractivity contribution in [2.75, 3.05) is 12.5 Å². The Morgan fingerprint density at radius 1 is 0.750 bits per heavy atom. The number of esters is 2. The molecular formula is C12H22O13PS2+. The molecule has 0 heterocycles. The van der Waals surface area contributed by atoms with E-state index in [4.69, 9.17) is 18.5 Å². The predicted octanol–water partition coefficient (Wildman–Crippen LogP) is 0.185. The highest BCUT2D eigenvalue weighted by Gasteiger charge is 2.42. The van der Waals surface area contributed by atoms with Crippen LogP contribution in [0.2, 0.25) is 0 Å². The third kappa shape index (κ3) is 13.0. The van der Waals surface area contributed by atoms with Crippen LogP contribution in [-0.2, 0) is 61.3 Å². The largest absolute Gasteiger partial charge is 0.703 e. The molecule has 0 unspecified atom stereocenters. The molecule has 28 heavy (non-hydrogen) atoms. The van der Waals surface area contributed by atoms with Crippen LogP contribution in [0, 0.1) is 0 Å². The molecule has 164 valence electrons. The van der Waals surface area contributed by atoms with E-state index in [0.717, 1.165) is 13.8 Å². The van der Waals surface area contributed by atoms with Crippen molar-refractivity contribution in [2.45, 2.75) is 52.5 Å². The summed E-state index contributed by atoms with van der Waals surface area (Å²) in [5.41, 5.74) is 0. The Bertz CT molecular complexity index is 711. The Labute approximate surface area is 163 Å². The lowest BCUT2D eigenvalue weighted by Crippen LogP contribution is -2.35. The van der Waals surface area contributed by atoms with E-state index in [0.29, 0.717) is 12.5 Å². The zero-order chi connectivity index (χ0) is 22.3. The fourth-order valence-corrected chi connectivity index (χ4v) is 3.55. The summed E-state index contributed by atoms with van der Waals surface area (Å²) in [4.78, 5) is 22.0. The van der Waals surface area contributed by atoms with Crippen molar-refractivity contribution in [3.05, 3.63) is 0 Å². The molecule has 0 saturated carbocycles. The summed E-state index contributed by atoms with van der Waals surface area (Å²) in [6, 6.07) is 0. The summed E-state index contributed by atoms with van der Waals surface area (Å²) in [5, 5.41) is 0. The van der Waals surface area contributed by atoms with Gasteiger partial charge < -0.3 is 9.47 Å². The second kappa shape index (κ2) is 11.1. The lowest BCUT2D eigenvalue weighted by atomic mass is 10.4. The van der Waals surface area contributed by atoms with E-state index in [1.165, 1.54) is 13.8 Å². The minimum atomic E-state index is -4.14. The van der Waals surface area contributed by atoms with Gasteiger partial charge in [0.05, 0.1) is 12.5 Å². The lowest BCUT2D eigenvalue weighted by molar-refractivity contribution is -0.166. The van der Waals surface area contributed by atoms with Crippen molar-refractivity contribution in [1.29, 1.82) is 0 Å². The molecule has 0 aliphatic heterocycles. The van der Waals surface area contributed by atoms with Crippen LogP contribution in [0.1, 0.15) is 27.7 Å². The van der Waals surface area contributed by atoms with Crippen LogP contribution in [0.3, 0.4) is 0 Å². The quantitative estimate of drug-likeness (QED) is 0.164. The summed E-state index contributed by atoms with van der Waals surface area (Å²) in [6.07, 6.45) is -5.12. The number of carbonyl (C=O) groups is 2. The average Bonchev–Trinajstić information content (AvgIpc) is 2.41. The first-order chi connectivity index (χ1) is 12.5. The second-order valence-electron chi connectivity index (χ2n) is 5.40. The van der Waals surface area contributed by atoms with Crippen LogP contribution in [0.4, 0.5) is 0 Å². The van der Waals surface area contributed by atoms with Gasteiger partial charge in [0.25, 0.3) is 32.8 Å². The Morgan fingerprint density at radius 3 is 1.25 bits per heavy atom. The van der Waals surface area contributed by atoms with Gasteiger partial charge in [0.15, 0.2) is 12.2 Å². The maximum absolute atomic E-state index is 12.1. The van der Waals surface area contributed by atoms with Crippen LogP contribution >= 0.6 is 8.25 Å². The van der Waals surface area contributed by atoms with Crippen molar-refractivity contribution in [3.63, 3.8) is 0 Å². The van der Waals surface area contributed by atoms with Gasteiger partial charge in [-0.05, 0) is 13.8 Å². The molecule has 0 aromatic carbocycles. The fraction of sp³-hybridized carbons (Fsp3) is 0.833. The number of carbonyl (C=O) groups excluding carboxylic acids is 2. The van der Waals surface area contributed by atoms with Crippen molar-refractivity contribution >= 4 is 40.4 Å². The van der Waals surface area contributed by atoms with Crippen LogP contribution in [-0.4, -0.2) is 66.1 Å². The van der Waals surface area contributed by atoms with Gasteiger partial charge in [0.2, 0.25) is 0 Å². The molecule has 0 aliphatic carbocycles. The highest BCUT2D eigenvalue weighted by Crippen LogP contribution is 2.32. The number of hydrogen-bond acceptors (Lipinski definition) is 13. The molecule has 0 radical (unpaired) electrons. The van der Waals surface area contributed by atoms with Crippen molar-refractivity contribution < 1.29 is 57.9 Å². The summed E-state index contributed by atoms with van der Waals surface area (Å²) in [5.74, 6) is -1.62. The van der Waals surface area contributed by atoms with Crippen molar-refractivity contribution in [3.8, 4) is 0 Å². The van der Waals surface area contributed by atoms with E-state index in [9.17, 15) is 31.0 Å². The van der Waals surface area contributed by atoms with Gasteiger partial charge in [-0.1, -0.05) is 9.05 Å². The Balaban J connectivity index is 5.36. The smallest absolute Gasteiger partial charge is 0.457 e. The molecule has 0 bridgehead atoms. The number of hydrogen-bond donors (Lipinski definition) is 0. The Kier molecular flexibility index (Phi) is 10.6. The molecule has 16 heteroatoms. The third-order valence-corrected chi connectivity index (χ3v) is 4.23. The summed E-state index contributed by atoms with van der Waals surface area (Å²) < 4.78 is 85.4. The lowest BCUT2D eigenvalue weighted by Gasteiger charge is -2.19. The van der Waals surface area contributed by atoms with E-state index in [2.05, 4.69) is 8.37 Å². The molecule has 0 aromatic heterocycles. The molecule has 0 spiro atoms. The summed E-state index contributed by atoms with van der Waals surface area (Å²) >= 11 is 0. The zero-order valence-electron chi connectivity index (χ0n) is 15.9. The maximum Gasteiger partial charge on any atom is 0.703 e. The average molecular weight is 469 g/mol. The normalized spacial score (nSPS) is 16.5. The Morgan fingerprint density at radius 2 is 1.04 bits per heavy atom. The van der Waals surface area contributed by atoms with Gasteiger partial charge in [-0.2, -0.15) is 16.8 Å². The highest BCUT2D eigenvalue weighted by molar-refractivity contribution is 7.86. The zero-order valence-corrected chi connectivity index (χ0v) is 18.4. The Hall–Kier alpha value is -1.22. The first kappa shape index (κ1) is 26.8. The van der Waals surface area contributed by atoms with Crippen LogP contribution in [0.25, 0.3) is 0 Å². The van der Waals surface area contributed by atoms with Gasteiger partial charge in [0.1, 0.15) is 0 Å². The molecular weight excluding hydrogens is 447 g/mol. The third-order valence-electron chi connectivity index (χ3n) is 2.39. The predicted molar refractivity (Wildman–Crippen MR) is 91.7 cm³/mol. The number of ether oxygens (including phenoxy) is 2. The molecule has 0 saturated heterocycles. The standard InChI is InChI=1S/C12H22O13PS2/c1-7(20-9(3)13)11(24-27(5,16)17)22-26(15)23-12(25-28(6,18)19)8(2)21-10(4)14/h7-8,11-12H,1-6H3/q+1/t7-,8-,11-,12-/m0/s1. The minimum Gasteiger partial charge on any atom is -0.457 e. The van der Waals surface area contributed by atoms with Crippen LogP contribution in [0.5, 0.6) is 0 Å². The molecule has 0 fully saturated rings. The van der Waals surface area contributed by atoms with Gasteiger partial charge in [-0.3, -0.25) is 9.59 Å². The van der Waals surface area contributed by atoms with E-state index >= 15 is 0 Å². The highest BCUT2D eigenvalue weighted by atomic mass is 32.2. The minimum absolute atomic E-state index is 0.663. The fourth-order valence-electron chi connectivity index (χ4n) is 1.54. The van der Waals surface area contributed by atoms with E-state index in [-0.39, 0.29) is 0 Å². The van der Waals surface area contributed by atoms with Crippen LogP contribution < -0.4 is 0 Å². The molecule has 0 amide bonds. The molecule has 0 rings (SSSR count). The SMILES string of the molecule is CC(=O)O[C@@H](C)[C@@H](O[P+](=O)O[C@@H](OS(C)(=O)=O)[C@H](C)OC(C)=O)OS(C)(=O)=O. The molecule has 4 atom stereocenters. The molecule has 13 nitrogen and oxygen atoms in total. The van der Waals surface area contributed by atoms with E-state index < -0.39 is 65.2 Å². The van der Waals surface area contributed by atoms with Crippen molar-refractivity contribution in [2.24, 2.45) is 0 Å². The van der Waals surface area contributed by atoms with Crippen LogP contribution in [0.15, 0.2) is 0 Å². The topological polar surface area (TPSA) is 175 Å². The molecule has 0 aromatic rings.